The number of carboxylic acid groups (broad SMARTS) is 1. The first-order chi connectivity index (χ1) is 6.60. The molecule has 0 amide bonds. The Morgan fingerprint density at radius 3 is 2.50 bits per heavy atom. The molecule has 0 aliphatic rings. The van der Waals surface area contributed by atoms with Crippen LogP contribution in [0.1, 0.15) is 32.6 Å². The minimum Gasteiger partial charge on any atom is -0.481 e. The molecule has 0 aromatic heterocycles. The number of aliphatic hydroxyl groups excluding tert-OH is 1. The summed E-state index contributed by atoms with van der Waals surface area (Å²) in [5, 5.41) is 17.1. The zero-order chi connectivity index (χ0) is 11.0. The van der Waals surface area contributed by atoms with E-state index in [1.165, 1.54) is 0 Å². The van der Waals surface area contributed by atoms with Gasteiger partial charge in [-0.15, -0.1) is 0 Å². The molecule has 0 fully saturated rings. The Morgan fingerprint density at radius 2 is 2.07 bits per heavy atom. The molecule has 0 bridgehead atoms. The molecule has 1 unspecified atom stereocenters. The lowest BCUT2D eigenvalue weighted by molar-refractivity contribution is -0.153. The molecule has 0 heterocycles. The van der Waals surface area contributed by atoms with Crippen LogP contribution >= 0.6 is 0 Å². The van der Waals surface area contributed by atoms with Crippen LogP contribution in [0.2, 0.25) is 0 Å². The standard InChI is InChI=1S/C9H16O5/c1-2-3-9(13)14-7(4-5-10)6-8(11)12/h7,10H,2-6H2,1H3,(H,11,12). The third-order valence-electron chi connectivity index (χ3n) is 1.61. The van der Waals surface area contributed by atoms with Gasteiger partial charge in [-0.25, -0.2) is 0 Å². The quantitative estimate of drug-likeness (QED) is 0.592. The van der Waals surface area contributed by atoms with Crippen LogP contribution in [0.25, 0.3) is 0 Å². The van der Waals surface area contributed by atoms with Crippen molar-refractivity contribution in [3.63, 3.8) is 0 Å². The second-order valence-electron chi connectivity index (χ2n) is 2.97. The van der Waals surface area contributed by atoms with E-state index in [4.69, 9.17) is 14.9 Å². The van der Waals surface area contributed by atoms with Crippen LogP contribution in [-0.4, -0.2) is 34.9 Å². The minimum absolute atomic E-state index is 0.168. The zero-order valence-corrected chi connectivity index (χ0v) is 8.23. The molecule has 0 saturated heterocycles. The average molecular weight is 204 g/mol. The number of aliphatic carboxylic acids is 1. The van der Waals surface area contributed by atoms with Crippen LogP contribution in [-0.2, 0) is 14.3 Å². The molecule has 0 aliphatic heterocycles. The van der Waals surface area contributed by atoms with Gasteiger partial charge in [0.2, 0.25) is 0 Å². The van der Waals surface area contributed by atoms with E-state index in [1.807, 2.05) is 6.92 Å². The summed E-state index contributed by atoms with van der Waals surface area (Å²) in [5.74, 6) is -1.44. The second-order valence-corrected chi connectivity index (χ2v) is 2.97. The Morgan fingerprint density at radius 1 is 1.43 bits per heavy atom. The van der Waals surface area contributed by atoms with Crippen molar-refractivity contribution in [2.75, 3.05) is 6.61 Å². The van der Waals surface area contributed by atoms with E-state index < -0.39 is 18.0 Å². The van der Waals surface area contributed by atoms with Crippen LogP contribution in [0.15, 0.2) is 0 Å². The minimum atomic E-state index is -1.03. The third-order valence-corrected chi connectivity index (χ3v) is 1.61. The lowest BCUT2D eigenvalue weighted by Crippen LogP contribution is -2.22. The maximum Gasteiger partial charge on any atom is 0.307 e. The second kappa shape index (κ2) is 7.32. The van der Waals surface area contributed by atoms with E-state index in [-0.39, 0.29) is 25.9 Å². The molecule has 14 heavy (non-hydrogen) atoms. The highest BCUT2D eigenvalue weighted by atomic mass is 16.5. The number of carbonyl (C=O) groups excluding carboxylic acids is 1. The van der Waals surface area contributed by atoms with E-state index in [0.29, 0.717) is 6.42 Å². The van der Waals surface area contributed by atoms with E-state index in [0.717, 1.165) is 0 Å². The number of rotatable bonds is 7. The van der Waals surface area contributed by atoms with Crippen molar-refractivity contribution in [3.8, 4) is 0 Å². The van der Waals surface area contributed by atoms with Gasteiger partial charge in [0.1, 0.15) is 6.10 Å². The highest BCUT2D eigenvalue weighted by Gasteiger charge is 2.16. The van der Waals surface area contributed by atoms with Crippen molar-refractivity contribution in [1.82, 2.24) is 0 Å². The van der Waals surface area contributed by atoms with Gasteiger partial charge >= 0.3 is 11.9 Å². The van der Waals surface area contributed by atoms with Gasteiger partial charge in [0, 0.05) is 19.4 Å². The summed E-state index contributed by atoms with van der Waals surface area (Å²) in [6.07, 6.45) is 0.147. The van der Waals surface area contributed by atoms with Crippen LogP contribution in [0, 0.1) is 0 Å². The number of carbonyl (C=O) groups is 2. The van der Waals surface area contributed by atoms with Gasteiger partial charge in [0.15, 0.2) is 0 Å². The summed E-state index contributed by atoms with van der Waals surface area (Å²) in [4.78, 5) is 21.4. The van der Waals surface area contributed by atoms with Gasteiger partial charge in [0.05, 0.1) is 6.42 Å². The maximum absolute atomic E-state index is 11.0. The van der Waals surface area contributed by atoms with Gasteiger partial charge in [-0.1, -0.05) is 6.92 Å². The fraction of sp³-hybridized carbons (Fsp3) is 0.778. The Labute approximate surface area is 82.7 Å². The van der Waals surface area contributed by atoms with Crippen LogP contribution < -0.4 is 0 Å². The van der Waals surface area contributed by atoms with Crippen molar-refractivity contribution in [2.24, 2.45) is 0 Å². The molecule has 0 rings (SSSR count). The van der Waals surface area contributed by atoms with Gasteiger partial charge < -0.3 is 14.9 Å². The largest absolute Gasteiger partial charge is 0.481 e. The normalized spacial score (nSPS) is 12.1. The molecule has 0 aliphatic carbocycles. The fourth-order valence-corrected chi connectivity index (χ4v) is 0.990. The van der Waals surface area contributed by atoms with Crippen LogP contribution in [0.3, 0.4) is 0 Å². The molecule has 1 atom stereocenters. The SMILES string of the molecule is CCCC(=O)OC(CCO)CC(=O)O. The first-order valence-corrected chi connectivity index (χ1v) is 4.62. The molecule has 0 spiro atoms. The van der Waals surface area contributed by atoms with Crippen molar-refractivity contribution in [1.29, 1.82) is 0 Å². The average Bonchev–Trinajstić information content (AvgIpc) is 2.03. The number of ether oxygens (including phenoxy) is 1. The molecule has 2 N–H and O–H groups in total. The molecular formula is C9H16O5. The van der Waals surface area contributed by atoms with Crippen molar-refractivity contribution in [3.05, 3.63) is 0 Å². The molecule has 0 saturated carbocycles. The smallest absolute Gasteiger partial charge is 0.307 e. The van der Waals surface area contributed by atoms with E-state index in [2.05, 4.69) is 0 Å². The molecule has 5 nitrogen and oxygen atoms in total. The fourth-order valence-electron chi connectivity index (χ4n) is 0.990. The van der Waals surface area contributed by atoms with Crippen molar-refractivity contribution >= 4 is 11.9 Å². The summed E-state index contributed by atoms with van der Waals surface area (Å²) in [6.45, 7) is 1.65. The lowest BCUT2D eigenvalue weighted by atomic mass is 10.2. The first kappa shape index (κ1) is 12.9. The molecule has 0 aromatic rings. The number of esters is 1. The monoisotopic (exact) mass is 204 g/mol. The predicted molar refractivity (Wildman–Crippen MR) is 48.7 cm³/mol. The van der Waals surface area contributed by atoms with Crippen LogP contribution in [0.5, 0.6) is 0 Å². The number of carboxylic acids is 1. The van der Waals surface area contributed by atoms with E-state index in [9.17, 15) is 9.59 Å². The predicted octanol–water partition coefficient (Wildman–Crippen LogP) is 0.555. The lowest BCUT2D eigenvalue weighted by Gasteiger charge is -2.14. The van der Waals surface area contributed by atoms with Crippen LogP contribution in [0.4, 0.5) is 0 Å². The molecular weight excluding hydrogens is 188 g/mol. The van der Waals surface area contributed by atoms with Crippen molar-refractivity contribution in [2.45, 2.75) is 38.7 Å². The Hall–Kier alpha value is -1.10. The summed E-state index contributed by atoms with van der Waals surface area (Å²) in [6, 6.07) is 0. The molecule has 82 valence electrons. The Balaban J connectivity index is 3.94. The topological polar surface area (TPSA) is 83.8 Å². The first-order valence-electron chi connectivity index (χ1n) is 4.62. The molecule has 0 radical (unpaired) electrons. The maximum atomic E-state index is 11.0. The van der Waals surface area contributed by atoms with Gasteiger partial charge in [-0.3, -0.25) is 9.59 Å². The highest BCUT2D eigenvalue weighted by molar-refractivity contribution is 5.71. The third kappa shape index (κ3) is 6.42. The number of hydrogen-bond donors (Lipinski definition) is 2. The van der Waals surface area contributed by atoms with E-state index >= 15 is 0 Å². The number of hydrogen-bond acceptors (Lipinski definition) is 4. The van der Waals surface area contributed by atoms with Gasteiger partial charge in [-0.2, -0.15) is 0 Å². The Kier molecular flexibility index (Phi) is 6.74. The molecule has 0 aromatic carbocycles. The summed E-state index contributed by atoms with van der Waals surface area (Å²) in [7, 11) is 0. The highest BCUT2D eigenvalue weighted by Crippen LogP contribution is 2.06. The number of aliphatic hydroxyl groups is 1. The van der Waals surface area contributed by atoms with Gasteiger partial charge in [-0.05, 0) is 6.42 Å². The summed E-state index contributed by atoms with van der Waals surface area (Å²) in [5.41, 5.74) is 0. The van der Waals surface area contributed by atoms with E-state index in [1.54, 1.807) is 0 Å². The molecule has 5 heteroatoms. The van der Waals surface area contributed by atoms with Gasteiger partial charge in [0.25, 0.3) is 0 Å². The summed E-state index contributed by atoms with van der Waals surface area (Å²) >= 11 is 0. The summed E-state index contributed by atoms with van der Waals surface area (Å²) < 4.78 is 4.86. The zero-order valence-electron chi connectivity index (χ0n) is 8.23. The van der Waals surface area contributed by atoms with Crippen molar-refractivity contribution < 1.29 is 24.5 Å². The Bertz CT molecular complexity index is 190.